The Kier molecular flexibility index (Phi) is 4.19. The second-order valence-corrected chi connectivity index (χ2v) is 5.00. The van der Waals surface area contributed by atoms with E-state index in [1.807, 2.05) is 6.92 Å². The summed E-state index contributed by atoms with van der Waals surface area (Å²) in [6.45, 7) is 2.57. The molecule has 2 rings (SSSR count). The van der Waals surface area contributed by atoms with Crippen LogP contribution in [0.2, 0.25) is 0 Å². The van der Waals surface area contributed by atoms with Crippen molar-refractivity contribution >= 4 is 11.6 Å². The fraction of sp³-hybridized carbons (Fsp3) is 0.429. The molecule has 0 bridgehead atoms. The van der Waals surface area contributed by atoms with Crippen LogP contribution in [0.3, 0.4) is 0 Å². The molecule has 1 aromatic rings. The summed E-state index contributed by atoms with van der Waals surface area (Å²) >= 11 is 0. The van der Waals surface area contributed by atoms with Crippen molar-refractivity contribution in [3.8, 4) is 6.07 Å². The van der Waals surface area contributed by atoms with Crippen LogP contribution in [0.1, 0.15) is 24.5 Å². The molecule has 1 amide bonds. The van der Waals surface area contributed by atoms with E-state index in [0.717, 1.165) is 12.1 Å². The Morgan fingerprint density at radius 3 is 2.71 bits per heavy atom. The SMILES string of the molecule is CC1NCCC1C(=O)Nc1ccc(C#N)c(C(F)(F)F)c1. The molecule has 4 nitrogen and oxygen atoms in total. The molecule has 112 valence electrons. The minimum Gasteiger partial charge on any atom is -0.326 e. The second kappa shape index (κ2) is 5.74. The first-order valence-electron chi connectivity index (χ1n) is 6.48. The van der Waals surface area contributed by atoms with E-state index in [9.17, 15) is 18.0 Å². The zero-order chi connectivity index (χ0) is 15.6. The summed E-state index contributed by atoms with van der Waals surface area (Å²) in [5.41, 5.74) is -1.46. The van der Waals surface area contributed by atoms with Gasteiger partial charge in [0.2, 0.25) is 5.91 Å². The third-order valence-electron chi connectivity index (χ3n) is 3.57. The molecule has 0 aromatic heterocycles. The van der Waals surface area contributed by atoms with Crippen LogP contribution in [-0.2, 0) is 11.0 Å². The molecule has 0 radical (unpaired) electrons. The van der Waals surface area contributed by atoms with Crippen LogP contribution in [0.15, 0.2) is 18.2 Å². The van der Waals surface area contributed by atoms with Gasteiger partial charge in [-0.1, -0.05) is 0 Å². The lowest BCUT2D eigenvalue weighted by Crippen LogP contribution is -2.32. The summed E-state index contributed by atoms with van der Waals surface area (Å²) in [4.78, 5) is 12.0. The van der Waals surface area contributed by atoms with Gasteiger partial charge in [0.15, 0.2) is 0 Å². The van der Waals surface area contributed by atoms with Crippen LogP contribution in [0.5, 0.6) is 0 Å². The number of hydrogen-bond acceptors (Lipinski definition) is 3. The van der Waals surface area contributed by atoms with Gasteiger partial charge in [-0.05, 0) is 38.1 Å². The quantitative estimate of drug-likeness (QED) is 0.881. The monoisotopic (exact) mass is 297 g/mol. The van der Waals surface area contributed by atoms with E-state index in [4.69, 9.17) is 5.26 Å². The minimum atomic E-state index is -4.63. The zero-order valence-electron chi connectivity index (χ0n) is 11.3. The fourth-order valence-corrected chi connectivity index (χ4v) is 2.41. The van der Waals surface area contributed by atoms with E-state index in [2.05, 4.69) is 10.6 Å². The van der Waals surface area contributed by atoms with Gasteiger partial charge in [-0.15, -0.1) is 0 Å². The molecule has 1 aliphatic heterocycles. The molecule has 2 atom stereocenters. The Labute approximate surface area is 119 Å². The highest BCUT2D eigenvalue weighted by Crippen LogP contribution is 2.33. The second-order valence-electron chi connectivity index (χ2n) is 5.00. The van der Waals surface area contributed by atoms with Crippen molar-refractivity contribution in [2.75, 3.05) is 11.9 Å². The van der Waals surface area contributed by atoms with Crippen molar-refractivity contribution in [1.82, 2.24) is 5.32 Å². The summed E-state index contributed by atoms with van der Waals surface area (Å²) in [6.07, 6.45) is -3.98. The van der Waals surface area contributed by atoms with Gasteiger partial charge in [-0.2, -0.15) is 18.4 Å². The van der Waals surface area contributed by atoms with Crippen LogP contribution in [0.4, 0.5) is 18.9 Å². The molecular weight excluding hydrogens is 283 g/mol. The van der Waals surface area contributed by atoms with Crippen molar-refractivity contribution in [2.24, 2.45) is 5.92 Å². The van der Waals surface area contributed by atoms with Crippen molar-refractivity contribution in [3.63, 3.8) is 0 Å². The van der Waals surface area contributed by atoms with E-state index in [-0.39, 0.29) is 23.6 Å². The minimum absolute atomic E-state index is 0.00883. The van der Waals surface area contributed by atoms with Gasteiger partial charge in [0.1, 0.15) is 0 Å². The summed E-state index contributed by atoms with van der Waals surface area (Å²) < 4.78 is 38.5. The molecule has 1 heterocycles. The molecule has 2 N–H and O–H groups in total. The van der Waals surface area contributed by atoms with Crippen LogP contribution in [0.25, 0.3) is 0 Å². The maximum atomic E-state index is 12.8. The number of carbonyl (C=O) groups excluding carboxylic acids is 1. The molecule has 0 spiro atoms. The molecule has 2 unspecified atom stereocenters. The van der Waals surface area contributed by atoms with Crippen molar-refractivity contribution in [3.05, 3.63) is 29.3 Å². The molecule has 1 saturated heterocycles. The summed E-state index contributed by atoms with van der Waals surface area (Å²) in [5.74, 6) is -0.583. The van der Waals surface area contributed by atoms with E-state index in [0.29, 0.717) is 13.0 Å². The number of carbonyl (C=O) groups is 1. The third kappa shape index (κ3) is 3.34. The molecule has 0 saturated carbocycles. The maximum Gasteiger partial charge on any atom is 0.417 e. The van der Waals surface area contributed by atoms with E-state index in [1.165, 1.54) is 12.1 Å². The van der Waals surface area contributed by atoms with Crippen LogP contribution < -0.4 is 10.6 Å². The van der Waals surface area contributed by atoms with Crippen molar-refractivity contribution in [2.45, 2.75) is 25.6 Å². The number of nitriles is 1. The summed E-state index contributed by atoms with van der Waals surface area (Å²) in [6, 6.07) is 4.66. The smallest absolute Gasteiger partial charge is 0.326 e. The number of halogens is 3. The number of hydrogen-bond donors (Lipinski definition) is 2. The first-order chi connectivity index (χ1) is 9.82. The Hall–Kier alpha value is -2.07. The van der Waals surface area contributed by atoms with Crippen molar-refractivity contribution < 1.29 is 18.0 Å². The molecule has 21 heavy (non-hydrogen) atoms. The number of amides is 1. The van der Waals surface area contributed by atoms with Gasteiger partial charge in [0.25, 0.3) is 0 Å². The molecule has 1 aromatic carbocycles. The highest BCUT2D eigenvalue weighted by atomic mass is 19.4. The number of anilines is 1. The number of nitrogens with one attached hydrogen (secondary N) is 2. The number of benzene rings is 1. The first kappa shape index (κ1) is 15.3. The number of rotatable bonds is 2. The molecule has 1 fully saturated rings. The van der Waals surface area contributed by atoms with Crippen LogP contribution >= 0.6 is 0 Å². The topological polar surface area (TPSA) is 64.9 Å². The Bertz CT molecular complexity index is 592. The van der Waals surface area contributed by atoms with Gasteiger partial charge >= 0.3 is 6.18 Å². The average Bonchev–Trinajstić information content (AvgIpc) is 2.84. The van der Waals surface area contributed by atoms with Gasteiger partial charge in [0.05, 0.1) is 23.1 Å². The number of nitrogens with zero attached hydrogens (tertiary/aromatic N) is 1. The normalized spacial score (nSPS) is 21.9. The molecule has 0 aliphatic carbocycles. The predicted molar refractivity (Wildman–Crippen MR) is 70.4 cm³/mol. The average molecular weight is 297 g/mol. The third-order valence-corrected chi connectivity index (χ3v) is 3.57. The lowest BCUT2D eigenvalue weighted by molar-refractivity contribution is -0.137. The first-order valence-corrected chi connectivity index (χ1v) is 6.48. The summed E-state index contributed by atoms with van der Waals surface area (Å²) in [7, 11) is 0. The van der Waals surface area contributed by atoms with Gasteiger partial charge in [-0.25, -0.2) is 0 Å². The Morgan fingerprint density at radius 2 is 2.19 bits per heavy atom. The predicted octanol–water partition coefficient (Wildman–Crippen LogP) is 2.51. The highest BCUT2D eigenvalue weighted by molar-refractivity contribution is 5.93. The Balaban J connectivity index is 2.22. The summed E-state index contributed by atoms with van der Waals surface area (Å²) in [5, 5.41) is 14.3. The molecular formula is C14H14F3N3O. The molecule has 1 aliphatic rings. The largest absolute Gasteiger partial charge is 0.417 e. The van der Waals surface area contributed by atoms with Gasteiger partial charge in [-0.3, -0.25) is 4.79 Å². The number of alkyl halides is 3. The van der Waals surface area contributed by atoms with Crippen molar-refractivity contribution in [1.29, 1.82) is 5.26 Å². The highest BCUT2D eigenvalue weighted by Gasteiger charge is 2.34. The lowest BCUT2D eigenvalue weighted by atomic mass is 10.0. The van der Waals surface area contributed by atoms with E-state index >= 15 is 0 Å². The van der Waals surface area contributed by atoms with Crippen LogP contribution in [-0.4, -0.2) is 18.5 Å². The molecule has 7 heteroatoms. The van der Waals surface area contributed by atoms with Gasteiger partial charge < -0.3 is 10.6 Å². The fourth-order valence-electron chi connectivity index (χ4n) is 2.41. The van der Waals surface area contributed by atoms with E-state index < -0.39 is 17.3 Å². The standard InChI is InChI=1S/C14H14F3N3O/c1-8-11(4-5-19-8)13(21)20-10-3-2-9(7-18)12(6-10)14(15,16)17/h2-3,6,8,11,19H,4-5H2,1H3,(H,20,21). The maximum absolute atomic E-state index is 12.8. The Morgan fingerprint density at radius 1 is 1.48 bits per heavy atom. The van der Waals surface area contributed by atoms with Crippen LogP contribution in [0, 0.1) is 17.2 Å². The van der Waals surface area contributed by atoms with Gasteiger partial charge in [0, 0.05) is 11.7 Å². The lowest BCUT2D eigenvalue weighted by Gasteiger charge is -2.16. The zero-order valence-corrected chi connectivity index (χ0v) is 11.3. The van der Waals surface area contributed by atoms with E-state index in [1.54, 1.807) is 0 Å².